The van der Waals surface area contributed by atoms with Crippen LogP contribution in [-0.2, 0) is 0 Å². The van der Waals surface area contributed by atoms with Gasteiger partial charge in [0.05, 0.1) is 0 Å². The summed E-state index contributed by atoms with van der Waals surface area (Å²) in [5.74, 6) is 0.843. The zero-order valence-corrected chi connectivity index (χ0v) is 9.11. The van der Waals surface area contributed by atoms with E-state index in [4.69, 9.17) is 0 Å². The summed E-state index contributed by atoms with van der Waals surface area (Å²) in [5, 5.41) is 0. The summed E-state index contributed by atoms with van der Waals surface area (Å²) < 4.78 is 1.68. The van der Waals surface area contributed by atoms with E-state index in [0.717, 1.165) is 16.9 Å². The molecule has 0 aliphatic heterocycles. The fourth-order valence-electron chi connectivity index (χ4n) is 1.65. The lowest BCUT2D eigenvalue weighted by Gasteiger charge is -2.06. The van der Waals surface area contributed by atoms with Gasteiger partial charge < -0.3 is 4.90 Å². The first kappa shape index (κ1) is 9.71. The number of H-pyrrole nitrogens is 1. The van der Waals surface area contributed by atoms with Gasteiger partial charge in [-0.3, -0.25) is 0 Å². The van der Waals surface area contributed by atoms with E-state index in [0.29, 0.717) is 0 Å². The van der Waals surface area contributed by atoms with Gasteiger partial charge in [-0.15, -0.1) is 4.57 Å². The number of nitrogens with zero attached hydrogens (tertiary/aromatic N) is 2. The Balaban J connectivity index is 2.69. The predicted molar refractivity (Wildman–Crippen MR) is 57.7 cm³/mol. The minimum absolute atomic E-state index is 0.0371. The van der Waals surface area contributed by atoms with Crippen LogP contribution < -0.4 is 4.98 Å². The number of benzene rings is 1. The van der Waals surface area contributed by atoms with Crippen LogP contribution in [0.4, 0.5) is 4.79 Å². The number of imidazole rings is 1. The van der Waals surface area contributed by atoms with Gasteiger partial charge in [0.1, 0.15) is 0 Å². The molecule has 0 fully saturated rings. The Morgan fingerprint density at radius 2 is 2.00 bits per heavy atom. The highest BCUT2D eigenvalue weighted by molar-refractivity contribution is 5.87. The number of aromatic nitrogens is 2. The maximum Gasteiger partial charge on any atom is 0.416 e. The van der Waals surface area contributed by atoms with E-state index < -0.39 is 0 Å². The van der Waals surface area contributed by atoms with Gasteiger partial charge in [-0.2, -0.15) is 0 Å². The molecule has 0 radical (unpaired) electrons. The lowest BCUT2D eigenvalue weighted by molar-refractivity contribution is -0.356. The number of amides is 1. The van der Waals surface area contributed by atoms with E-state index in [1.165, 1.54) is 0 Å². The first-order chi connectivity index (χ1) is 7.11. The van der Waals surface area contributed by atoms with Gasteiger partial charge in [-0.25, -0.2) is 9.78 Å². The molecule has 0 saturated heterocycles. The zero-order chi connectivity index (χ0) is 11.0. The monoisotopic (exact) mass is 204 g/mol. The zero-order valence-electron chi connectivity index (χ0n) is 9.11. The topological polar surface area (TPSA) is 39.4 Å². The third-order valence-corrected chi connectivity index (χ3v) is 2.37. The number of hydrogen-bond acceptors (Lipinski definition) is 1. The van der Waals surface area contributed by atoms with Gasteiger partial charge in [0.15, 0.2) is 11.0 Å². The highest BCUT2D eigenvalue weighted by Gasteiger charge is 2.22. The Bertz CT molecular complexity index is 514. The normalized spacial score (nSPS) is 10.6. The average molecular weight is 204 g/mol. The van der Waals surface area contributed by atoms with E-state index in [9.17, 15) is 4.79 Å². The Morgan fingerprint density at radius 1 is 1.33 bits per heavy atom. The van der Waals surface area contributed by atoms with Gasteiger partial charge in [0, 0.05) is 21.0 Å². The molecule has 0 aliphatic carbocycles. The summed E-state index contributed by atoms with van der Waals surface area (Å²) in [7, 11) is 3.49. The molecule has 0 bridgehead atoms. The SMILES string of the molecule is Cc1[nH+]c2ccccc2n1C(=O)N(C)C. The molecule has 1 aromatic heterocycles. The number of para-hydroxylation sites is 2. The van der Waals surface area contributed by atoms with Crippen molar-refractivity contribution < 1.29 is 9.78 Å². The van der Waals surface area contributed by atoms with Gasteiger partial charge in [-0.05, 0) is 12.1 Å². The summed E-state index contributed by atoms with van der Waals surface area (Å²) >= 11 is 0. The number of nitrogens with one attached hydrogen (secondary N) is 1. The molecule has 2 aromatic rings. The summed E-state index contributed by atoms with van der Waals surface area (Å²) in [6.07, 6.45) is 0. The molecule has 0 aliphatic rings. The molecule has 4 nitrogen and oxygen atoms in total. The number of aromatic amines is 1. The maximum absolute atomic E-state index is 11.9. The largest absolute Gasteiger partial charge is 0.416 e. The molecule has 0 unspecified atom stereocenters. The summed E-state index contributed by atoms with van der Waals surface area (Å²) in [5.41, 5.74) is 1.89. The summed E-state index contributed by atoms with van der Waals surface area (Å²) in [6, 6.07) is 7.73. The van der Waals surface area contributed by atoms with Crippen LogP contribution in [0.25, 0.3) is 11.0 Å². The quantitative estimate of drug-likeness (QED) is 0.637. The third kappa shape index (κ3) is 1.48. The van der Waals surface area contributed by atoms with Crippen molar-refractivity contribution in [2.45, 2.75) is 6.92 Å². The average Bonchev–Trinajstić information content (AvgIpc) is 2.52. The number of carbonyl (C=O) groups is 1. The van der Waals surface area contributed by atoms with Crippen LogP contribution in [0.3, 0.4) is 0 Å². The first-order valence-corrected chi connectivity index (χ1v) is 4.82. The fraction of sp³-hybridized carbons (Fsp3) is 0.273. The molecule has 78 valence electrons. The number of fused-ring (bicyclic) bond motifs is 1. The molecule has 0 atom stereocenters. The van der Waals surface area contributed by atoms with Gasteiger partial charge in [0.2, 0.25) is 0 Å². The minimum atomic E-state index is -0.0371. The summed E-state index contributed by atoms with van der Waals surface area (Å²) in [6.45, 7) is 1.89. The second kappa shape index (κ2) is 3.38. The Morgan fingerprint density at radius 3 is 2.67 bits per heavy atom. The van der Waals surface area contributed by atoms with Crippen molar-refractivity contribution in [2.24, 2.45) is 0 Å². The Labute approximate surface area is 88.1 Å². The highest BCUT2D eigenvalue weighted by Crippen LogP contribution is 2.12. The van der Waals surface area contributed by atoms with Crippen molar-refractivity contribution in [3.63, 3.8) is 0 Å². The van der Waals surface area contributed by atoms with E-state index in [1.807, 2.05) is 31.2 Å². The van der Waals surface area contributed by atoms with E-state index >= 15 is 0 Å². The second-order valence-electron chi connectivity index (χ2n) is 3.74. The van der Waals surface area contributed by atoms with Crippen LogP contribution in [0.1, 0.15) is 5.82 Å². The smallest absolute Gasteiger partial charge is 0.310 e. The van der Waals surface area contributed by atoms with Crippen molar-refractivity contribution in [1.82, 2.24) is 9.47 Å². The Kier molecular flexibility index (Phi) is 2.19. The standard InChI is InChI=1S/C11H13N3O/c1-8-12-9-6-4-5-7-10(9)14(8)11(15)13(2)3/h4-7H,1-3H3/p+1. The second-order valence-corrected chi connectivity index (χ2v) is 3.74. The molecular formula is C11H14N3O+. The minimum Gasteiger partial charge on any atom is -0.310 e. The van der Waals surface area contributed by atoms with E-state index in [2.05, 4.69) is 4.98 Å². The van der Waals surface area contributed by atoms with Crippen LogP contribution in [-0.4, -0.2) is 29.6 Å². The molecule has 1 N–H and O–H groups in total. The molecule has 1 aromatic carbocycles. The van der Waals surface area contributed by atoms with Gasteiger partial charge in [-0.1, -0.05) is 12.1 Å². The van der Waals surface area contributed by atoms with Crippen LogP contribution in [0.2, 0.25) is 0 Å². The molecule has 0 saturated carbocycles. The number of rotatable bonds is 0. The van der Waals surface area contributed by atoms with Gasteiger partial charge in [0.25, 0.3) is 5.82 Å². The molecular weight excluding hydrogens is 190 g/mol. The van der Waals surface area contributed by atoms with Crippen LogP contribution in [0.15, 0.2) is 24.3 Å². The molecule has 0 spiro atoms. The lowest BCUT2D eigenvalue weighted by atomic mass is 10.3. The molecule has 1 amide bonds. The van der Waals surface area contributed by atoms with E-state index in [1.54, 1.807) is 23.6 Å². The number of aryl methyl sites for hydroxylation is 1. The van der Waals surface area contributed by atoms with Gasteiger partial charge >= 0.3 is 6.03 Å². The molecule has 15 heavy (non-hydrogen) atoms. The third-order valence-electron chi connectivity index (χ3n) is 2.37. The maximum atomic E-state index is 11.9. The van der Waals surface area contributed by atoms with Crippen molar-refractivity contribution in [3.8, 4) is 0 Å². The van der Waals surface area contributed by atoms with Crippen molar-refractivity contribution in [3.05, 3.63) is 30.1 Å². The Hall–Kier alpha value is -1.84. The fourth-order valence-corrected chi connectivity index (χ4v) is 1.65. The van der Waals surface area contributed by atoms with Crippen LogP contribution in [0, 0.1) is 6.92 Å². The predicted octanol–water partition coefficient (Wildman–Crippen LogP) is 1.29. The lowest BCUT2D eigenvalue weighted by Crippen LogP contribution is -2.28. The van der Waals surface area contributed by atoms with Crippen molar-refractivity contribution in [2.75, 3.05) is 14.1 Å². The van der Waals surface area contributed by atoms with Crippen molar-refractivity contribution >= 4 is 17.1 Å². The first-order valence-electron chi connectivity index (χ1n) is 4.82. The number of carbonyl (C=O) groups excluding carboxylic acids is 1. The van der Waals surface area contributed by atoms with Crippen LogP contribution in [0.5, 0.6) is 0 Å². The van der Waals surface area contributed by atoms with Crippen LogP contribution >= 0.6 is 0 Å². The number of hydrogen-bond donors (Lipinski definition) is 0. The summed E-state index contributed by atoms with van der Waals surface area (Å²) in [4.78, 5) is 16.7. The van der Waals surface area contributed by atoms with Crippen molar-refractivity contribution in [1.29, 1.82) is 0 Å². The van der Waals surface area contributed by atoms with E-state index in [-0.39, 0.29) is 6.03 Å². The highest BCUT2D eigenvalue weighted by atomic mass is 16.2. The molecule has 2 rings (SSSR count). The molecule has 1 heterocycles. The molecule has 4 heteroatoms.